The van der Waals surface area contributed by atoms with E-state index in [4.69, 9.17) is 5.73 Å². The van der Waals surface area contributed by atoms with E-state index in [-0.39, 0.29) is 11.9 Å². The quantitative estimate of drug-likeness (QED) is 0.844. The van der Waals surface area contributed by atoms with Gasteiger partial charge in [0.2, 0.25) is 0 Å². The first-order valence-corrected chi connectivity index (χ1v) is 6.61. The number of hydrogen-bond donors (Lipinski definition) is 1. The zero-order valence-corrected chi connectivity index (χ0v) is 11.2. The standard InChI is InChI=1S/C14H18F4N2/c1-9(13(19)10-2-4-11(15)5-3-10)20(12-6-7-12)8-14(16,17)18/h2-5,9,12-13H,6-8,19H2,1H3. The third kappa shape index (κ3) is 3.93. The Morgan fingerprint density at radius 2 is 1.80 bits per heavy atom. The summed E-state index contributed by atoms with van der Waals surface area (Å²) in [6.07, 6.45) is -2.69. The smallest absolute Gasteiger partial charge is 0.323 e. The molecule has 6 heteroatoms. The number of alkyl halides is 3. The maximum absolute atomic E-state index is 12.9. The monoisotopic (exact) mass is 290 g/mol. The largest absolute Gasteiger partial charge is 0.401 e. The number of halogens is 4. The molecule has 0 heterocycles. The van der Waals surface area contributed by atoms with Gasteiger partial charge >= 0.3 is 6.18 Å². The van der Waals surface area contributed by atoms with Gasteiger partial charge in [0.05, 0.1) is 6.54 Å². The van der Waals surface area contributed by atoms with Gasteiger partial charge in [-0.2, -0.15) is 13.2 Å². The molecule has 2 rings (SSSR count). The molecule has 1 saturated carbocycles. The van der Waals surface area contributed by atoms with Crippen molar-refractivity contribution in [3.63, 3.8) is 0 Å². The van der Waals surface area contributed by atoms with Crippen LogP contribution in [0.3, 0.4) is 0 Å². The highest BCUT2D eigenvalue weighted by molar-refractivity contribution is 5.21. The molecule has 1 aromatic carbocycles. The normalized spacial score (nSPS) is 19.1. The SMILES string of the molecule is CC(C(N)c1ccc(F)cc1)N(CC(F)(F)F)C1CC1. The lowest BCUT2D eigenvalue weighted by atomic mass is 10.00. The summed E-state index contributed by atoms with van der Waals surface area (Å²) in [6, 6.07) is 4.52. The summed E-state index contributed by atoms with van der Waals surface area (Å²) in [5.41, 5.74) is 6.69. The van der Waals surface area contributed by atoms with Crippen LogP contribution in [-0.4, -0.2) is 29.7 Å². The van der Waals surface area contributed by atoms with E-state index in [0.29, 0.717) is 5.56 Å². The first kappa shape index (κ1) is 15.3. The molecule has 0 amide bonds. The maximum Gasteiger partial charge on any atom is 0.401 e. The van der Waals surface area contributed by atoms with Crippen LogP contribution in [0.4, 0.5) is 17.6 Å². The van der Waals surface area contributed by atoms with Crippen molar-refractivity contribution in [1.29, 1.82) is 0 Å². The molecule has 2 nitrogen and oxygen atoms in total. The predicted molar refractivity (Wildman–Crippen MR) is 68.6 cm³/mol. The highest BCUT2D eigenvalue weighted by atomic mass is 19.4. The lowest BCUT2D eigenvalue weighted by Gasteiger charge is -2.34. The molecule has 1 aromatic rings. The van der Waals surface area contributed by atoms with Gasteiger partial charge in [0, 0.05) is 18.1 Å². The third-order valence-electron chi connectivity index (χ3n) is 3.68. The molecule has 20 heavy (non-hydrogen) atoms. The Bertz CT molecular complexity index is 439. The van der Waals surface area contributed by atoms with Crippen molar-refractivity contribution in [3.8, 4) is 0 Å². The number of benzene rings is 1. The van der Waals surface area contributed by atoms with Gasteiger partial charge < -0.3 is 5.73 Å². The van der Waals surface area contributed by atoms with E-state index >= 15 is 0 Å². The van der Waals surface area contributed by atoms with Crippen LogP contribution in [0.25, 0.3) is 0 Å². The fourth-order valence-corrected chi connectivity index (χ4v) is 2.39. The number of nitrogens with two attached hydrogens (primary N) is 1. The second-order valence-electron chi connectivity index (χ2n) is 5.34. The lowest BCUT2D eigenvalue weighted by molar-refractivity contribution is -0.152. The van der Waals surface area contributed by atoms with Crippen molar-refractivity contribution < 1.29 is 17.6 Å². The molecular formula is C14H18F4N2. The van der Waals surface area contributed by atoms with E-state index in [2.05, 4.69) is 0 Å². The van der Waals surface area contributed by atoms with Crippen molar-refractivity contribution >= 4 is 0 Å². The molecule has 1 fully saturated rings. The molecule has 0 saturated heterocycles. The predicted octanol–water partition coefficient (Wildman–Crippen LogP) is 3.24. The fraction of sp³-hybridized carbons (Fsp3) is 0.571. The molecule has 2 N–H and O–H groups in total. The van der Waals surface area contributed by atoms with Crippen molar-refractivity contribution in [2.24, 2.45) is 5.73 Å². The van der Waals surface area contributed by atoms with Gasteiger partial charge in [0.25, 0.3) is 0 Å². The Kier molecular flexibility index (Phi) is 4.34. The number of rotatable bonds is 5. The summed E-state index contributed by atoms with van der Waals surface area (Å²) >= 11 is 0. The van der Waals surface area contributed by atoms with E-state index in [1.165, 1.54) is 29.2 Å². The van der Waals surface area contributed by atoms with Gasteiger partial charge in [-0.15, -0.1) is 0 Å². The van der Waals surface area contributed by atoms with Gasteiger partial charge in [-0.25, -0.2) is 4.39 Å². The summed E-state index contributed by atoms with van der Waals surface area (Å²) in [4.78, 5) is 1.41. The van der Waals surface area contributed by atoms with Crippen molar-refractivity contribution in [3.05, 3.63) is 35.6 Å². The summed E-state index contributed by atoms with van der Waals surface area (Å²) in [5.74, 6) is -0.386. The second-order valence-corrected chi connectivity index (χ2v) is 5.34. The summed E-state index contributed by atoms with van der Waals surface area (Å²) in [7, 11) is 0. The molecular weight excluding hydrogens is 272 g/mol. The van der Waals surface area contributed by atoms with E-state index < -0.39 is 24.8 Å². The minimum atomic E-state index is -4.24. The van der Waals surface area contributed by atoms with Crippen LogP contribution in [0.15, 0.2) is 24.3 Å². The Hall–Kier alpha value is -1.14. The van der Waals surface area contributed by atoms with Gasteiger partial charge in [0.1, 0.15) is 5.82 Å². The highest BCUT2D eigenvalue weighted by Crippen LogP contribution is 2.34. The van der Waals surface area contributed by atoms with Crippen LogP contribution in [-0.2, 0) is 0 Å². The summed E-state index contributed by atoms with van der Waals surface area (Å²) < 4.78 is 50.8. The molecule has 2 atom stereocenters. The molecule has 1 aliphatic rings. The third-order valence-corrected chi connectivity index (χ3v) is 3.68. The fourth-order valence-electron chi connectivity index (χ4n) is 2.39. The Morgan fingerprint density at radius 1 is 1.25 bits per heavy atom. The summed E-state index contributed by atoms with van der Waals surface area (Å²) in [5, 5.41) is 0. The lowest BCUT2D eigenvalue weighted by Crippen LogP contribution is -2.46. The number of hydrogen-bond acceptors (Lipinski definition) is 2. The highest BCUT2D eigenvalue weighted by Gasteiger charge is 2.41. The van der Waals surface area contributed by atoms with E-state index in [9.17, 15) is 17.6 Å². The Labute approximate surface area is 115 Å². The molecule has 0 bridgehead atoms. The Morgan fingerprint density at radius 3 is 2.25 bits per heavy atom. The summed E-state index contributed by atoms with van der Waals surface area (Å²) in [6.45, 7) is 0.742. The van der Waals surface area contributed by atoms with E-state index in [1.807, 2.05) is 0 Å². The molecule has 0 spiro atoms. The molecule has 0 aromatic heterocycles. The minimum absolute atomic E-state index is 0.0434. The molecule has 112 valence electrons. The van der Waals surface area contributed by atoms with E-state index in [1.54, 1.807) is 6.92 Å². The van der Waals surface area contributed by atoms with Crippen molar-refractivity contribution in [1.82, 2.24) is 4.90 Å². The number of nitrogens with zero attached hydrogens (tertiary/aromatic N) is 1. The molecule has 1 aliphatic carbocycles. The van der Waals surface area contributed by atoms with Gasteiger partial charge in [0.15, 0.2) is 0 Å². The van der Waals surface area contributed by atoms with Crippen molar-refractivity contribution in [2.45, 2.75) is 44.1 Å². The average Bonchev–Trinajstić information content (AvgIpc) is 3.18. The van der Waals surface area contributed by atoms with E-state index in [0.717, 1.165) is 12.8 Å². The molecule has 0 radical (unpaired) electrons. The zero-order chi connectivity index (χ0) is 14.9. The minimum Gasteiger partial charge on any atom is -0.323 e. The van der Waals surface area contributed by atoms with Crippen LogP contribution in [0, 0.1) is 5.82 Å². The van der Waals surface area contributed by atoms with Gasteiger partial charge in [-0.05, 0) is 37.5 Å². The molecule has 2 unspecified atom stereocenters. The van der Waals surface area contributed by atoms with Crippen LogP contribution in [0.1, 0.15) is 31.4 Å². The molecule has 0 aliphatic heterocycles. The van der Waals surface area contributed by atoms with Crippen molar-refractivity contribution in [2.75, 3.05) is 6.54 Å². The first-order chi connectivity index (χ1) is 9.28. The second kappa shape index (κ2) is 5.69. The Balaban J connectivity index is 2.10. The maximum atomic E-state index is 12.9. The first-order valence-electron chi connectivity index (χ1n) is 6.61. The van der Waals surface area contributed by atoms with Crippen LogP contribution in [0.2, 0.25) is 0 Å². The van der Waals surface area contributed by atoms with Gasteiger partial charge in [-0.1, -0.05) is 12.1 Å². The van der Waals surface area contributed by atoms with Crippen LogP contribution >= 0.6 is 0 Å². The van der Waals surface area contributed by atoms with Gasteiger partial charge in [-0.3, -0.25) is 4.90 Å². The van der Waals surface area contributed by atoms with Crippen LogP contribution in [0.5, 0.6) is 0 Å². The topological polar surface area (TPSA) is 29.3 Å². The zero-order valence-electron chi connectivity index (χ0n) is 11.2. The van der Waals surface area contributed by atoms with Crippen LogP contribution < -0.4 is 5.73 Å². The average molecular weight is 290 g/mol.